The van der Waals surface area contributed by atoms with Gasteiger partial charge in [-0.05, 0) is 61.5 Å². The lowest BCUT2D eigenvalue weighted by Gasteiger charge is -2.42. The Labute approximate surface area is 239 Å². The molecule has 1 aromatic heterocycles. The number of anilines is 1. The average molecular weight is 555 g/mol. The number of likely N-dealkylation sites (tertiary alicyclic amines) is 1. The lowest BCUT2D eigenvalue weighted by atomic mass is 9.72. The summed E-state index contributed by atoms with van der Waals surface area (Å²) in [4.78, 5) is 28.8. The Morgan fingerprint density at radius 1 is 0.925 bits per heavy atom. The highest BCUT2D eigenvalue weighted by atomic mass is 32.1. The molecule has 2 heterocycles. The number of piperidine rings is 1. The first kappa shape index (κ1) is 27.8. The summed E-state index contributed by atoms with van der Waals surface area (Å²) in [6.45, 7) is 3.61. The van der Waals surface area contributed by atoms with E-state index >= 15 is 0 Å². The smallest absolute Gasteiger partial charge is 0.341 e. The second-order valence-electron chi connectivity index (χ2n) is 10.0. The molecule has 40 heavy (non-hydrogen) atoms. The number of nitrogens with one attached hydrogen (secondary N) is 1. The van der Waals surface area contributed by atoms with Crippen LogP contribution >= 0.6 is 11.3 Å². The largest absolute Gasteiger partial charge is 0.462 e. The van der Waals surface area contributed by atoms with Gasteiger partial charge < -0.3 is 15.2 Å². The van der Waals surface area contributed by atoms with E-state index in [9.17, 15) is 14.7 Å². The van der Waals surface area contributed by atoms with Crippen LogP contribution in [0.2, 0.25) is 0 Å². The van der Waals surface area contributed by atoms with Gasteiger partial charge >= 0.3 is 5.97 Å². The summed E-state index contributed by atoms with van der Waals surface area (Å²) in [6.07, 6.45) is 1.50. The summed E-state index contributed by atoms with van der Waals surface area (Å²) in [7, 11) is 0. The highest BCUT2D eigenvalue weighted by molar-refractivity contribution is 7.20. The van der Waals surface area contributed by atoms with E-state index in [0.29, 0.717) is 23.7 Å². The van der Waals surface area contributed by atoms with E-state index in [1.54, 1.807) is 13.0 Å². The van der Waals surface area contributed by atoms with Crippen molar-refractivity contribution in [3.05, 3.63) is 114 Å². The van der Waals surface area contributed by atoms with Crippen molar-refractivity contribution in [2.45, 2.75) is 25.4 Å². The number of carbonyl (C=O) groups is 2. The summed E-state index contributed by atoms with van der Waals surface area (Å²) in [5, 5.41) is 15.6. The summed E-state index contributed by atoms with van der Waals surface area (Å²) >= 11 is 1.37. The van der Waals surface area contributed by atoms with Gasteiger partial charge in [0.1, 0.15) is 10.6 Å². The van der Waals surface area contributed by atoms with Gasteiger partial charge in [-0.1, -0.05) is 91.0 Å². The number of rotatable bonds is 9. The molecule has 7 heteroatoms. The van der Waals surface area contributed by atoms with Crippen LogP contribution in [0.25, 0.3) is 10.4 Å². The van der Waals surface area contributed by atoms with E-state index in [0.717, 1.165) is 34.4 Å². The normalized spacial score (nSPS) is 14.6. The monoisotopic (exact) mass is 554 g/mol. The van der Waals surface area contributed by atoms with Crippen LogP contribution < -0.4 is 5.32 Å². The molecule has 1 aliphatic heterocycles. The van der Waals surface area contributed by atoms with Gasteiger partial charge in [-0.15, -0.1) is 11.3 Å². The lowest BCUT2D eigenvalue weighted by Crippen LogP contribution is -2.46. The Balaban J connectivity index is 1.27. The van der Waals surface area contributed by atoms with E-state index in [1.165, 1.54) is 11.3 Å². The predicted octanol–water partition coefficient (Wildman–Crippen LogP) is 6.18. The number of carbonyl (C=O) groups excluding carboxylic acids is 2. The van der Waals surface area contributed by atoms with Crippen molar-refractivity contribution in [1.29, 1.82) is 0 Å². The molecule has 1 aliphatic rings. The van der Waals surface area contributed by atoms with E-state index in [2.05, 4.69) is 10.2 Å². The number of hydrogen-bond donors (Lipinski definition) is 2. The lowest BCUT2D eigenvalue weighted by molar-refractivity contribution is -0.118. The SMILES string of the molecule is CCOC(=O)c1cc(-c2ccccc2)sc1NC(=O)CN1CCC(C(O)(c2ccccc2)c2ccccc2)CC1. The molecular formula is C33H34N2O4S. The highest BCUT2D eigenvalue weighted by Gasteiger charge is 2.41. The third-order valence-electron chi connectivity index (χ3n) is 7.51. The van der Waals surface area contributed by atoms with Crippen molar-refractivity contribution in [1.82, 2.24) is 4.90 Å². The minimum atomic E-state index is -1.10. The zero-order valence-electron chi connectivity index (χ0n) is 22.6. The minimum absolute atomic E-state index is 0.0118. The third-order valence-corrected chi connectivity index (χ3v) is 8.61. The highest BCUT2D eigenvalue weighted by Crippen LogP contribution is 2.42. The van der Waals surface area contributed by atoms with E-state index in [4.69, 9.17) is 4.74 Å². The van der Waals surface area contributed by atoms with Crippen LogP contribution in [0.4, 0.5) is 5.00 Å². The molecule has 0 aliphatic carbocycles. The molecule has 6 nitrogen and oxygen atoms in total. The van der Waals surface area contributed by atoms with Crippen LogP contribution in [0, 0.1) is 5.92 Å². The summed E-state index contributed by atoms with van der Waals surface area (Å²) in [5.41, 5.74) is 2.01. The Kier molecular flexibility index (Phi) is 8.75. The van der Waals surface area contributed by atoms with Crippen molar-refractivity contribution in [3.8, 4) is 10.4 Å². The van der Waals surface area contributed by atoms with Gasteiger partial charge in [0, 0.05) is 4.88 Å². The van der Waals surface area contributed by atoms with Crippen LogP contribution in [0.1, 0.15) is 41.3 Å². The number of hydrogen-bond acceptors (Lipinski definition) is 6. The van der Waals surface area contributed by atoms with Crippen LogP contribution in [0.15, 0.2) is 97.1 Å². The van der Waals surface area contributed by atoms with Crippen molar-refractivity contribution in [2.24, 2.45) is 5.92 Å². The zero-order valence-corrected chi connectivity index (χ0v) is 23.4. The molecule has 4 aromatic rings. The number of ether oxygens (including phenoxy) is 1. The summed E-state index contributed by atoms with van der Waals surface area (Å²) in [6, 6.07) is 31.3. The molecule has 0 spiro atoms. The van der Waals surface area contributed by atoms with Crippen LogP contribution in [0.5, 0.6) is 0 Å². The van der Waals surface area contributed by atoms with Crippen molar-refractivity contribution >= 4 is 28.2 Å². The molecule has 1 amide bonds. The van der Waals surface area contributed by atoms with Crippen LogP contribution in [-0.2, 0) is 15.1 Å². The predicted molar refractivity (Wildman–Crippen MR) is 159 cm³/mol. The van der Waals surface area contributed by atoms with E-state index in [-0.39, 0.29) is 25.0 Å². The average Bonchev–Trinajstić information content (AvgIpc) is 3.42. The molecular weight excluding hydrogens is 520 g/mol. The minimum Gasteiger partial charge on any atom is -0.462 e. The quantitative estimate of drug-likeness (QED) is 0.242. The molecule has 5 rings (SSSR count). The van der Waals surface area contributed by atoms with Crippen LogP contribution in [-0.4, -0.2) is 48.1 Å². The Morgan fingerprint density at radius 3 is 2.02 bits per heavy atom. The Morgan fingerprint density at radius 2 is 1.48 bits per heavy atom. The fraction of sp³-hybridized carbons (Fsp3) is 0.273. The zero-order chi connectivity index (χ0) is 28.0. The molecule has 0 atom stereocenters. The maximum absolute atomic E-state index is 13.1. The first-order valence-corrected chi connectivity index (χ1v) is 14.5. The molecule has 0 bridgehead atoms. The number of esters is 1. The summed E-state index contributed by atoms with van der Waals surface area (Å²) < 4.78 is 5.25. The standard InChI is InChI=1S/C33H34N2O4S/c1-2-39-32(37)28-22-29(24-12-6-3-7-13-24)40-31(28)34-30(36)23-35-20-18-27(19-21-35)33(38,25-14-8-4-9-15-25)26-16-10-5-11-17-26/h3-17,22,27,38H,2,18-21,23H2,1H3,(H,34,36). The second kappa shape index (κ2) is 12.6. The fourth-order valence-electron chi connectivity index (χ4n) is 5.49. The fourth-order valence-corrected chi connectivity index (χ4v) is 6.56. The molecule has 206 valence electrons. The number of nitrogens with zero attached hydrogens (tertiary/aromatic N) is 1. The topological polar surface area (TPSA) is 78.9 Å². The van der Waals surface area contributed by atoms with Crippen LogP contribution in [0.3, 0.4) is 0 Å². The molecule has 2 N–H and O–H groups in total. The first-order chi connectivity index (χ1) is 19.5. The van der Waals surface area contributed by atoms with E-state index < -0.39 is 11.6 Å². The van der Waals surface area contributed by atoms with E-state index in [1.807, 2.05) is 91.0 Å². The van der Waals surface area contributed by atoms with Crippen molar-refractivity contribution < 1.29 is 19.4 Å². The van der Waals surface area contributed by atoms with Gasteiger partial charge in [0.2, 0.25) is 5.91 Å². The first-order valence-electron chi connectivity index (χ1n) is 13.7. The molecule has 0 radical (unpaired) electrons. The van der Waals surface area contributed by atoms with Gasteiger partial charge in [-0.3, -0.25) is 9.69 Å². The third kappa shape index (κ3) is 6.02. The number of thiophene rings is 1. The molecule has 1 fully saturated rings. The van der Waals surface area contributed by atoms with Gasteiger partial charge in [-0.25, -0.2) is 4.79 Å². The number of benzene rings is 3. The molecule has 3 aromatic carbocycles. The molecule has 0 unspecified atom stereocenters. The van der Waals surface area contributed by atoms with Gasteiger partial charge in [-0.2, -0.15) is 0 Å². The molecule has 1 saturated heterocycles. The number of aliphatic hydroxyl groups is 1. The van der Waals surface area contributed by atoms with Gasteiger partial charge in [0.05, 0.1) is 18.7 Å². The van der Waals surface area contributed by atoms with Gasteiger partial charge in [0.25, 0.3) is 0 Å². The van der Waals surface area contributed by atoms with Crippen molar-refractivity contribution in [2.75, 3.05) is 31.6 Å². The Bertz CT molecular complexity index is 1380. The number of amides is 1. The maximum atomic E-state index is 13.1. The second-order valence-corrected chi connectivity index (χ2v) is 11.1. The van der Waals surface area contributed by atoms with Crippen molar-refractivity contribution in [3.63, 3.8) is 0 Å². The molecule has 0 saturated carbocycles. The Hall–Kier alpha value is -3.78. The maximum Gasteiger partial charge on any atom is 0.341 e. The summed E-state index contributed by atoms with van der Waals surface area (Å²) in [5.74, 6) is -0.609. The van der Waals surface area contributed by atoms with Gasteiger partial charge in [0.15, 0.2) is 0 Å².